The summed E-state index contributed by atoms with van der Waals surface area (Å²) in [5.41, 5.74) is 0.926. The molecular weight excluding hydrogens is 300 g/mol. The molecular formula is C12H13BrN2OS. The number of nitrogens with zero attached hydrogens (tertiary/aromatic N) is 2. The van der Waals surface area contributed by atoms with Crippen LogP contribution in [-0.2, 0) is 7.05 Å². The van der Waals surface area contributed by atoms with E-state index in [2.05, 4.69) is 20.9 Å². The Kier molecular flexibility index (Phi) is 4.25. The van der Waals surface area contributed by atoms with E-state index < -0.39 is 6.10 Å². The van der Waals surface area contributed by atoms with Gasteiger partial charge in [0, 0.05) is 29.7 Å². The average Bonchev–Trinajstić information content (AvgIpc) is 2.73. The summed E-state index contributed by atoms with van der Waals surface area (Å²) in [5, 5.41) is 10.9. The zero-order valence-corrected chi connectivity index (χ0v) is 11.8. The van der Waals surface area contributed by atoms with Crippen molar-refractivity contribution < 1.29 is 5.11 Å². The molecule has 0 amide bonds. The van der Waals surface area contributed by atoms with Crippen LogP contribution in [0.25, 0.3) is 0 Å². The number of thioether (sulfide) groups is 1. The molecule has 0 radical (unpaired) electrons. The lowest BCUT2D eigenvalue weighted by Crippen LogP contribution is -2.01. The number of benzene rings is 1. The summed E-state index contributed by atoms with van der Waals surface area (Å²) in [5.74, 6) is 0.604. The zero-order chi connectivity index (χ0) is 12.3. The summed E-state index contributed by atoms with van der Waals surface area (Å²) >= 11 is 4.93. The van der Waals surface area contributed by atoms with Gasteiger partial charge in [0.05, 0.1) is 6.10 Å². The van der Waals surface area contributed by atoms with Crippen molar-refractivity contribution in [3.63, 3.8) is 0 Å². The van der Waals surface area contributed by atoms with E-state index in [1.165, 1.54) is 0 Å². The van der Waals surface area contributed by atoms with Crippen molar-refractivity contribution in [3.8, 4) is 0 Å². The highest BCUT2D eigenvalue weighted by Gasteiger charge is 2.09. The Labute approximate surface area is 113 Å². The maximum Gasteiger partial charge on any atom is 0.167 e. The predicted molar refractivity (Wildman–Crippen MR) is 73.0 cm³/mol. The number of aryl methyl sites for hydroxylation is 1. The second kappa shape index (κ2) is 5.71. The van der Waals surface area contributed by atoms with Crippen LogP contribution in [0, 0.1) is 0 Å². The summed E-state index contributed by atoms with van der Waals surface area (Å²) in [4.78, 5) is 4.20. The monoisotopic (exact) mass is 312 g/mol. The highest BCUT2D eigenvalue weighted by Crippen LogP contribution is 2.24. The third-order valence-electron chi connectivity index (χ3n) is 2.40. The highest BCUT2D eigenvalue weighted by atomic mass is 79.9. The molecule has 0 unspecified atom stereocenters. The SMILES string of the molecule is Cn1ccnc1SC[C@H](O)c1ccc(Br)cc1. The zero-order valence-electron chi connectivity index (χ0n) is 9.38. The first-order valence-electron chi connectivity index (χ1n) is 5.20. The summed E-state index contributed by atoms with van der Waals surface area (Å²) in [6.45, 7) is 0. The molecule has 1 aromatic heterocycles. The van der Waals surface area contributed by atoms with Crippen LogP contribution in [0.5, 0.6) is 0 Å². The maximum atomic E-state index is 10.0. The number of aromatic nitrogens is 2. The molecule has 0 aliphatic carbocycles. The smallest absolute Gasteiger partial charge is 0.167 e. The van der Waals surface area contributed by atoms with E-state index in [9.17, 15) is 5.11 Å². The quantitative estimate of drug-likeness (QED) is 0.882. The molecule has 0 aliphatic heterocycles. The van der Waals surface area contributed by atoms with E-state index in [4.69, 9.17) is 0 Å². The topological polar surface area (TPSA) is 38.0 Å². The van der Waals surface area contributed by atoms with Gasteiger partial charge >= 0.3 is 0 Å². The molecule has 1 aromatic carbocycles. The van der Waals surface area contributed by atoms with E-state index >= 15 is 0 Å². The number of hydrogen-bond donors (Lipinski definition) is 1. The second-order valence-electron chi connectivity index (χ2n) is 3.70. The van der Waals surface area contributed by atoms with Crippen molar-refractivity contribution in [3.05, 3.63) is 46.7 Å². The van der Waals surface area contributed by atoms with Gasteiger partial charge in [-0.3, -0.25) is 0 Å². The van der Waals surface area contributed by atoms with Crippen LogP contribution in [-0.4, -0.2) is 20.4 Å². The molecule has 1 heterocycles. The fourth-order valence-electron chi connectivity index (χ4n) is 1.43. The number of rotatable bonds is 4. The van der Waals surface area contributed by atoms with Gasteiger partial charge in [-0.2, -0.15) is 0 Å². The van der Waals surface area contributed by atoms with E-state index in [0.29, 0.717) is 5.75 Å². The molecule has 0 fully saturated rings. The normalized spacial score (nSPS) is 12.6. The van der Waals surface area contributed by atoms with Crippen LogP contribution in [0.3, 0.4) is 0 Å². The van der Waals surface area contributed by atoms with E-state index in [-0.39, 0.29) is 0 Å². The summed E-state index contributed by atoms with van der Waals surface area (Å²) < 4.78 is 2.96. The Morgan fingerprint density at radius 2 is 2.12 bits per heavy atom. The van der Waals surface area contributed by atoms with E-state index in [1.807, 2.05) is 42.1 Å². The summed E-state index contributed by atoms with van der Waals surface area (Å²) in [7, 11) is 1.95. The first-order chi connectivity index (χ1) is 8.16. The van der Waals surface area contributed by atoms with Crippen molar-refractivity contribution in [2.24, 2.45) is 7.05 Å². The number of hydrogen-bond acceptors (Lipinski definition) is 3. The van der Waals surface area contributed by atoms with Crippen LogP contribution in [0.2, 0.25) is 0 Å². The minimum Gasteiger partial charge on any atom is -0.388 e. The average molecular weight is 313 g/mol. The Morgan fingerprint density at radius 1 is 1.41 bits per heavy atom. The maximum absolute atomic E-state index is 10.0. The third-order valence-corrected chi connectivity index (χ3v) is 4.06. The molecule has 1 atom stereocenters. The molecule has 2 aromatic rings. The van der Waals surface area contributed by atoms with E-state index in [0.717, 1.165) is 15.2 Å². The van der Waals surface area contributed by atoms with Gasteiger partial charge in [-0.25, -0.2) is 4.98 Å². The lowest BCUT2D eigenvalue weighted by Gasteiger charge is -2.10. The van der Waals surface area contributed by atoms with Crippen LogP contribution in [0.4, 0.5) is 0 Å². The van der Waals surface area contributed by atoms with Crippen LogP contribution < -0.4 is 0 Å². The standard InChI is InChI=1S/C12H13BrN2OS/c1-15-7-6-14-12(15)17-8-11(16)9-2-4-10(13)5-3-9/h2-7,11,16H,8H2,1H3/t11-/m0/s1. The fourth-order valence-corrected chi connectivity index (χ4v) is 2.59. The van der Waals surface area contributed by atoms with Gasteiger partial charge in [-0.05, 0) is 17.7 Å². The molecule has 90 valence electrons. The lowest BCUT2D eigenvalue weighted by atomic mass is 10.1. The van der Waals surface area contributed by atoms with Gasteiger partial charge in [-0.15, -0.1) is 0 Å². The number of imidazole rings is 1. The van der Waals surface area contributed by atoms with Crippen LogP contribution in [0.1, 0.15) is 11.7 Å². The highest BCUT2D eigenvalue weighted by molar-refractivity contribution is 9.10. The van der Waals surface area contributed by atoms with Crippen LogP contribution >= 0.6 is 27.7 Å². The first-order valence-corrected chi connectivity index (χ1v) is 6.98. The molecule has 17 heavy (non-hydrogen) atoms. The Hall–Kier alpha value is -0.780. The molecule has 5 heteroatoms. The van der Waals surface area contributed by atoms with Crippen molar-refractivity contribution in [2.45, 2.75) is 11.3 Å². The fraction of sp³-hybridized carbons (Fsp3) is 0.250. The molecule has 1 N–H and O–H groups in total. The summed E-state index contributed by atoms with van der Waals surface area (Å²) in [6, 6.07) is 7.72. The van der Waals surface area contributed by atoms with Gasteiger partial charge < -0.3 is 9.67 Å². The number of aliphatic hydroxyl groups excluding tert-OH is 1. The number of halogens is 1. The molecule has 2 rings (SSSR count). The third kappa shape index (κ3) is 3.34. The molecule has 0 aliphatic rings. The van der Waals surface area contributed by atoms with Gasteiger partial charge in [0.25, 0.3) is 0 Å². The lowest BCUT2D eigenvalue weighted by molar-refractivity contribution is 0.204. The molecule has 0 spiro atoms. The van der Waals surface area contributed by atoms with Crippen LogP contribution in [0.15, 0.2) is 46.3 Å². The number of aliphatic hydroxyl groups is 1. The molecule has 3 nitrogen and oxygen atoms in total. The second-order valence-corrected chi connectivity index (χ2v) is 5.60. The first kappa shape index (κ1) is 12.7. The Morgan fingerprint density at radius 3 is 2.71 bits per heavy atom. The molecule has 0 saturated carbocycles. The minimum atomic E-state index is -0.468. The van der Waals surface area contributed by atoms with Crippen molar-refractivity contribution in [1.82, 2.24) is 9.55 Å². The van der Waals surface area contributed by atoms with Crippen molar-refractivity contribution in [2.75, 3.05) is 5.75 Å². The van der Waals surface area contributed by atoms with Gasteiger partial charge in [0.2, 0.25) is 0 Å². The van der Waals surface area contributed by atoms with Gasteiger partial charge in [0.1, 0.15) is 0 Å². The van der Waals surface area contributed by atoms with Gasteiger partial charge in [-0.1, -0.05) is 39.8 Å². The Bertz CT molecular complexity index is 484. The van der Waals surface area contributed by atoms with Crippen molar-refractivity contribution in [1.29, 1.82) is 0 Å². The largest absolute Gasteiger partial charge is 0.388 e. The molecule has 0 saturated heterocycles. The van der Waals surface area contributed by atoms with Gasteiger partial charge in [0.15, 0.2) is 5.16 Å². The Balaban J connectivity index is 1.95. The van der Waals surface area contributed by atoms with Crippen molar-refractivity contribution >= 4 is 27.7 Å². The summed E-state index contributed by atoms with van der Waals surface area (Å²) in [6.07, 6.45) is 3.19. The minimum absolute atomic E-state index is 0.468. The molecule has 0 bridgehead atoms. The predicted octanol–water partition coefficient (Wildman–Crippen LogP) is 3.01. The van der Waals surface area contributed by atoms with E-state index in [1.54, 1.807) is 18.0 Å².